The lowest BCUT2D eigenvalue weighted by Crippen LogP contribution is -2.27. The quantitative estimate of drug-likeness (QED) is 0.302. The first-order valence-corrected chi connectivity index (χ1v) is 5.53. The summed E-state index contributed by atoms with van der Waals surface area (Å²) < 4.78 is 10.0. The molecule has 0 rings (SSSR count). The standard InChI is InChI=1S/C11H20O6/c1-4-11(2,3)10(13)16-8-7-15-6-5-9(12)17-14/h14H,4-8H2,1-3H3. The van der Waals surface area contributed by atoms with Crippen LogP contribution in [0.15, 0.2) is 0 Å². The van der Waals surface area contributed by atoms with Crippen LogP contribution in [0.5, 0.6) is 0 Å². The van der Waals surface area contributed by atoms with Crippen LogP contribution in [0.2, 0.25) is 0 Å². The fourth-order valence-electron chi connectivity index (χ4n) is 0.836. The first-order valence-electron chi connectivity index (χ1n) is 5.53. The van der Waals surface area contributed by atoms with Gasteiger partial charge in [0, 0.05) is 0 Å². The van der Waals surface area contributed by atoms with Crippen molar-refractivity contribution in [3.8, 4) is 0 Å². The van der Waals surface area contributed by atoms with Gasteiger partial charge in [-0.3, -0.25) is 4.79 Å². The number of carbonyl (C=O) groups is 2. The van der Waals surface area contributed by atoms with E-state index in [9.17, 15) is 9.59 Å². The van der Waals surface area contributed by atoms with E-state index in [1.807, 2.05) is 20.8 Å². The average molecular weight is 248 g/mol. The first-order chi connectivity index (χ1) is 7.94. The van der Waals surface area contributed by atoms with Crippen molar-refractivity contribution in [1.82, 2.24) is 0 Å². The maximum atomic E-state index is 11.5. The molecule has 0 heterocycles. The molecule has 100 valence electrons. The largest absolute Gasteiger partial charge is 0.463 e. The lowest BCUT2D eigenvalue weighted by molar-refractivity contribution is -0.235. The van der Waals surface area contributed by atoms with Gasteiger partial charge in [0.2, 0.25) is 0 Å². The maximum Gasteiger partial charge on any atom is 0.344 e. The fourth-order valence-corrected chi connectivity index (χ4v) is 0.836. The third-order valence-corrected chi connectivity index (χ3v) is 2.45. The molecule has 0 aromatic rings. The zero-order valence-electron chi connectivity index (χ0n) is 10.5. The van der Waals surface area contributed by atoms with E-state index in [4.69, 9.17) is 14.7 Å². The van der Waals surface area contributed by atoms with Crippen LogP contribution in [0.1, 0.15) is 33.6 Å². The van der Waals surface area contributed by atoms with Crippen LogP contribution >= 0.6 is 0 Å². The highest BCUT2D eigenvalue weighted by Crippen LogP contribution is 2.21. The molecule has 0 amide bonds. The monoisotopic (exact) mass is 248 g/mol. The molecule has 0 aliphatic heterocycles. The minimum atomic E-state index is -0.755. The van der Waals surface area contributed by atoms with Crippen molar-refractivity contribution in [2.24, 2.45) is 5.41 Å². The second-order valence-corrected chi connectivity index (χ2v) is 4.20. The highest BCUT2D eigenvalue weighted by molar-refractivity contribution is 5.75. The van der Waals surface area contributed by atoms with Gasteiger partial charge in [-0.2, -0.15) is 5.26 Å². The highest BCUT2D eigenvalue weighted by Gasteiger charge is 2.26. The van der Waals surface area contributed by atoms with E-state index in [2.05, 4.69) is 4.89 Å². The van der Waals surface area contributed by atoms with Crippen molar-refractivity contribution in [3.05, 3.63) is 0 Å². The van der Waals surface area contributed by atoms with Gasteiger partial charge < -0.3 is 14.4 Å². The summed E-state index contributed by atoms with van der Waals surface area (Å²) >= 11 is 0. The number of hydrogen-bond acceptors (Lipinski definition) is 6. The van der Waals surface area contributed by atoms with Crippen molar-refractivity contribution < 1.29 is 29.2 Å². The number of esters is 1. The van der Waals surface area contributed by atoms with Gasteiger partial charge in [-0.1, -0.05) is 6.92 Å². The molecule has 1 N–H and O–H groups in total. The summed E-state index contributed by atoms with van der Waals surface area (Å²) in [6.07, 6.45) is 0.667. The molecule has 0 aliphatic carbocycles. The Kier molecular flexibility index (Phi) is 7.49. The predicted octanol–water partition coefficient (Wildman–Crippen LogP) is 1.39. The Morgan fingerprint density at radius 2 is 1.82 bits per heavy atom. The molecule has 0 unspecified atom stereocenters. The second kappa shape index (κ2) is 8.03. The smallest absolute Gasteiger partial charge is 0.344 e. The summed E-state index contributed by atoms with van der Waals surface area (Å²) in [5, 5.41) is 7.95. The Bertz CT molecular complexity index is 248. The van der Waals surface area contributed by atoms with E-state index in [0.29, 0.717) is 6.42 Å². The van der Waals surface area contributed by atoms with Gasteiger partial charge in [-0.05, 0) is 20.3 Å². The molecule has 17 heavy (non-hydrogen) atoms. The topological polar surface area (TPSA) is 82.1 Å². The van der Waals surface area contributed by atoms with E-state index in [1.54, 1.807) is 0 Å². The van der Waals surface area contributed by atoms with Crippen LogP contribution in [-0.2, 0) is 24.0 Å². The molecule has 0 atom stereocenters. The minimum absolute atomic E-state index is 0.0368. The van der Waals surface area contributed by atoms with Crippen LogP contribution in [0, 0.1) is 5.41 Å². The zero-order chi connectivity index (χ0) is 13.3. The third kappa shape index (κ3) is 6.91. The Morgan fingerprint density at radius 3 is 2.35 bits per heavy atom. The Morgan fingerprint density at radius 1 is 1.18 bits per heavy atom. The molecular weight excluding hydrogens is 228 g/mol. The van der Waals surface area contributed by atoms with Crippen molar-refractivity contribution in [2.75, 3.05) is 19.8 Å². The highest BCUT2D eigenvalue weighted by atomic mass is 17.1. The molecule has 0 aromatic heterocycles. The van der Waals surface area contributed by atoms with Gasteiger partial charge >= 0.3 is 11.9 Å². The maximum absolute atomic E-state index is 11.5. The SMILES string of the molecule is CCC(C)(C)C(=O)OCCOCCC(=O)OO. The second-order valence-electron chi connectivity index (χ2n) is 4.20. The fraction of sp³-hybridized carbons (Fsp3) is 0.818. The Balaban J connectivity index is 3.52. The molecule has 0 bridgehead atoms. The van der Waals surface area contributed by atoms with Gasteiger partial charge in [-0.25, -0.2) is 4.79 Å². The number of hydrogen-bond donors (Lipinski definition) is 1. The van der Waals surface area contributed by atoms with Crippen LogP contribution in [0.3, 0.4) is 0 Å². The van der Waals surface area contributed by atoms with Crippen LogP contribution in [0.25, 0.3) is 0 Å². The predicted molar refractivity (Wildman–Crippen MR) is 59.2 cm³/mol. The number of rotatable bonds is 8. The summed E-state index contributed by atoms with van der Waals surface area (Å²) in [4.78, 5) is 25.4. The summed E-state index contributed by atoms with van der Waals surface area (Å²) in [6, 6.07) is 0. The molecule has 0 spiro atoms. The van der Waals surface area contributed by atoms with Gasteiger partial charge in [0.05, 0.1) is 25.0 Å². The van der Waals surface area contributed by atoms with Crippen molar-refractivity contribution in [2.45, 2.75) is 33.6 Å². The number of ether oxygens (including phenoxy) is 2. The lowest BCUT2D eigenvalue weighted by atomic mass is 9.91. The van der Waals surface area contributed by atoms with E-state index >= 15 is 0 Å². The molecular formula is C11H20O6. The van der Waals surface area contributed by atoms with Gasteiger partial charge in [-0.15, -0.1) is 0 Å². The zero-order valence-corrected chi connectivity index (χ0v) is 10.5. The summed E-state index contributed by atoms with van der Waals surface area (Å²) in [7, 11) is 0. The van der Waals surface area contributed by atoms with Crippen LogP contribution in [-0.4, -0.2) is 37.0 Å². The van der Waals surface area contributed by atoms with Gasteiger partial charge in [0.25, 0.3) is 0 Å². The third-order valence-electron chi connectivity index (χ3n) is 2.45. The molecule has 0 fully saturated rings. The van der Waals surface area contributed by atoms with Crippen molar-refractivity contribution in [3.63, 3.8) is 0 Å². The minimum Gasteiger partial charge on any atom is -0.463 e. The van der Waals surface area contributed by atoms with E-state index < -0.39 is 11.4 Å². The first kappa shape index (κ1) is 15.9. The van der Waals surface area contributed by atoms with Crippen LogP contribution < -0.4 is 0 Å². The summed E-state index contributed by atoms with van der Waals surface area (Å²) in [5.74, 6) is -1.02. The summed E-state index contributed by atoms with van der Waals surface area (Å²) in [6.45, 7) is 6.02. The molecule has 0 aromatic carbocycles. The lowest BCUT2D eigenvalue weighted by Gasteiger charge is -2.20. The molecule has 0 aliphatic rings. The molecule has 0 radical (unpaired) electrons. The normalized spacial score (nSPS) is 11.1. The number of carbonyl (C=O) groups excluding carboxylic acids is 2. The van der Waals surface area contributed by atoms with Gasteiger partial charge in [0.1, 0.15) is 6.61 Å². The molecule has 0 saturated heterocycles. The van der Waals surface area contributed by atoms with Gasteiger partial charge in [0.15, 0.2) is 0 Å². The van der Waals surface area contributed by atoms with E-state index in [1.165, 1.54) is 0 Å². The van der Waals surface area contributed by atoms with E-state index in [0.717, 1.165) is 0 Å². The molecule has 0 saturated carbocycles. The Hall–Kier alpha value is -1.14. The van der Waals surface area contributed by atoms with E-state index in [-0.39, 0.29) is 32.2 Å². The van der Waals surface area contributed by atoms with Crippen molar-refractivity contribution >= 4 is 11.9 Å². The molecule has 6 heteroatoms. The van der Waals surface area contributed by atoms with Crippen molar-refractivity contribution in [1.29, 1.82) is 0 Å². The Labute approximate surface area is 101 Å². The molecule has 6 nitrogen and oxygen atoms in total. The van der Waals surface area contributed by atoms with Crippen LogP contribution in [0.4, 0.5) is 0 Å². The summed E-state index contributed by atoms with van der Waals surface area (Å²) in [5.41, 5.74) is -0.485. The average Bonchev–Trinajstić information content (AvgIpc) is 2.32.